The summed E-state index contributed by atoms with van der Waals surface area (Å²) in [4.78, 5) is 13.4. The average Bonchev–Trinajstić information content (AvgIpc) is 3.21. The Morgan fingerprint density at radius 1 is 1.20 bits per heavy atom. The van der Waals surface area contributed by atoms with Crippen LogP contribution in [0.1, 0.15) is 52.9 Å². The van der Waals surface area contributed by atoms with Crippen LogP contribution in [-0.2, 0) is 6.42 Å². The van der Waals surface area contributed by atoms with Crippen LogP contribution in [0.25, 0.3) is 5.69 Å². The number of carbonyl (C=O) groups is 1. The SMILES string of the molecule is CCc1cccc(C)c1NC(=O)c1cnn(-c2ccc(Cl)cc2)c1C1CCNCC1. The second-order valence-corrected chi connectivity index (χ2v) is 8.21. The number of piperidine rings is 1. The second kappa shape index (κ2) is 9.02. The molecule has 1 aromatic heterocycles. The van der Waals surface area contributed by atoms with Crippen molar-refractivity contribution in [2.45, 2.75) is 39.0 Å². The number of halogens is 1. The highest BCUT2D eigenvalue weighted by Crippen LogP contribution is 2.31. The van der Waals surface area contributed by atoms with Crippen molar-refractivity contribution in [3.05, 3.63) is 76.1 Å². The molecule has 6 heteroatoms. The molecule has 1 saturated heterocycles. The predicted octanol–water partition coefficient (Wildman–Crippen LogP) is 5.12. The van der Waals surface area contributed by atoms with E-state index in [1.807, 2.05) is 48.0 Å². The first-order valence-electron chi connectivity index (χ1n) is 10.5. The van der Waals surface area contributed by atoms with Gasteiger partial charge in [0.15, 0.2) is 0 Å². The predicted molar refractivity (Wildman–Crippen MR) is 122 cm³/mol. The van der Waals surface area contributed by atoms with Crippen molar-refractivity contribution in [1.82, 2.24) is 15.1 Å². The van der Waals surface area contributed by atoms with Crippen LogP contribution in [-0.4, -0.2) is 28.8 Å². The molecule has 0 saturated carbocycles. The normalized spacial score (nSPS) is 14.6. The molecule has 0 radical (unpaired) electrons. The van der Waals surface area contributed by atoms with Gasteiger partial charge in [-0.15, -0.1) is 0 Å². The molecule has 0 atom stereocenters. The fourth-order valence-electron chi connectivity index (χ4n) is 4.19. The van der Waals surface area contributed by atoms with E-state index in [-0.39, 0.29) is 11.8 Å². The Kier molecular flexibility index (Phi) is 6.21. The first-order valence-corrected chi connectivity index (χ1v) is 10.9. The number of anilines is 1. The lowest BCUT2D eigenvalue weighted by atomic mass is 9.91. The molecule has 3 aromatic rings. The van der Waals surface area contributed by atoms with Gasteiger partial charge in [-0.2, -0.15) is 5.10 Å². The smallest absolute Gasteiger partial charge is 0.259 e. The first-order chi connectivity index (χ1) is 14.6. The molecule has 1 amide bonds. The summed E-state index contributed by atoms with van der Waals surface area (Å²) >= 11 is 6.07. The van der Waals surface area contributed by atoms with Crippen molar-refractivity contribution in [2.24, 2.45) is 0 Å². The number of nitrogens with one attached hydrogen (secondary N) is 2. The molecule has 5 nitrogen and oxygen atoms in total. The topological polar surface area (TPSA) is 59.0 Å². The number of hydrogen-bond acceptors (Lipinski definition) is 3. The number of aromatic nitrogens is 2. The number of hydrogen-bond donors (Lipinski definition) is 2. The third-order valence-corrected chi connectivity index (χ3v) is 6.08. The van der Waals surface area contributed by atoms with Crippen LogP contribution in [0.4, 0.5) is 5.69 Å². The molecule has 0 spiro atoms. The van der Waals surface area contributed by atoms with E-state index in [0.29, 0.717) is 10.6 Å². The minimum Gasteiger partial charge on any atom is -0.321 e. The molecule has 156 valence electrons. The fraction of sp³-hybridized carbons (Fsp3) is 0.333. The van der Waals surface area contributed by atoms with Crippen molar-refractivity contribution in [3.63, 3.8) is 0 Å². The molecular weight excluding hydrogens is 396 g/mol. The number of amides is 1. The van der Waals surface area contributed by atoms with Crippen LogP contribution in [0.3, 0.4) is 0 Å². The third-order valence-electron chi connectivity index (χ3n) is 5.83. The highest BCUT2D eigenvalue weighted by atomic mass is 35.5. The molecule has 2 heterocycles. The molecule has 30 heavy (non-hydrogen) atoms. The zero-order valence-electron chi connectivity index (χ0n) is 17.4. The first kappa shape index (κ1) is 20.6. The summed E-state index contributed by atoms with van der Waals surface area (Å²) in [7, 11) is 0. The maximum absolute atomic E-state index is 13.4. The largest absolute Gasteiger partial charge is 0.321 e. The van der Waals surface area contributed by atoms with E-state index in [9.17, 15) is 4.79 Å². The van der Waals surface area contributed by atoms with Crippen LogP contribution in [0.2, 0.25) is 5.02 Å². The molecule has 1 aliphatic heterocycles. The summed E-state index contributed by atoms with van der Waals surface area (Å²) in [5.74, 6) is 0.167. The van der Waals surface area contributed by atoms with Crippen molar-refractivity contribution in [2.75, 3.05) is 18.4 Å². The van der Waals surface area contributed by atoms with Crippen molar-refractivity contribution < 1.29 is 4.79 Å². The van der Waals surface area contributed by atoms with E-state index in [1.165, 1.54) is 0 Å². The average molecular weight is 423 g/mol. The van der Waals surface area contributed by atoms with E-state index >= 15 is 0 Å². The summed E-state index contributed by atoms with van der Waals surface area (Å²) in [6.07, 6.45) is 4.52. The minimum atomic E-state index is -0.104. The lowest BCUT2D eigenvalue weighted by Gasteiger charge is -2.25. The van der Waals surface area contributed by atoms with Gasteiger partial charge in [0.25, 0.3) is 5.91 Å². The van der Waals surface area contributed by atoms with Gasteiger partial charge in [-0.3, -0.25) is 4.79 Å². The van der Waals surface area contributed by atoms with E-state index in [2.05, 4.69) is 28.7 Å². The van der Waals surface area contributed by atoms with Crippen LogP contribution in [0.5, 0.6) is 0 Å². The molecule has 2 aromatic carbocycles. The second-order valence-electron chi connectivity index (χ2n) is 7.77. The molecular formula is C24H27ClN4O. The van der Waals surface area contributed by atoms with E-state index < -0.39 is 0 Å². The highest BCUT2D eigenvalue weighted by Gasteiger charge is 2.27. The van der Waals surface area contributed by atoms with Gasteiger partial charge in [0.1, 0.15) is 0 Å². The minimum absolute atomic E-state index is 0.104. The number of carbonyl (C=O) groups excluding carboxylic acids is 1. The maximum atomic E-state index is 13.4. The summed E-state index contributed by atoms with van der Waals surface area (Å²) in [5.41, 5.74) is 5.64. The number of rotatable bonds is 5. The lowest BCUT2D eigenvalue weighted by molar-refractivity contribution is 0.102. The molecule has 1 fully saturated rings. The van der Waals surface area contributed by atoms with E-state index in [0.717, 1.165) is 60.5 Å². The lowest BCUT2D eigenvalue weighted by Crippen LogP contribution is -2.29. The summed E-state index contributed by atoms with van der Waals surface area (Å²) in [6, 6.07) is 13.7. The summed E-state index contributed by atoms with van der Waals surface area (Å²) in [6.45, 7) is 6.01. The van der Waals surface area contributed by atoms with Crippen molar-refractivity contribution in [1.29, 1.82) is 0 Å². The Morgan fingerprint density at radius 3 is 2.63 bits per heavy atom. The van der Waals surface area contributed by atoms with Gasteiger partial charge in [0.05, 0.1) is 23.1 Å². The quantitative estimate of drug-likeness (QED) is 0.600. The Labute approximate surface area is 182 Å². The van der Waals surface area contributed by atoms with Crippen molar-refractivity contribution in [3.8, 4) is 5.69 Å². The molecule has 2 N–H and O–H groups in total. The zero-order chi connectivity index (χ0) is 21.1. The van der Waals surface area contributed by atoms with Gasteiger partial charge in [-0.25, -0.2) is 4.68 Å². The Balaban J connectivity index is 1.74. The van der Waals surface area contributed by atoms with E-state index in [1.54, 1.807) is 6.20 Å². The zero-order valence-corrected chi connectivity index (χ0v) is 18.2. The van der Waals surface area contributed by atoms with Gasteiger partial charge in [0, 0.05) is 16.6 Å². The number of para-hydroxylation sites is 1. The summed E-state index contributed by atoms with van der Waals surface area (Å²) < 4.78 is 1.90. The Bertz CT molecular complexity index is 1040. The van der Waals surface area contributed by atoms with Gasteiger partial charge in [0.2, 0.25) is 0 Å². The highest BCUT2D eigenvalue weighted by molar-refractivity contribution is 6.30. The molecule has 0 bridgehead atoms. The fourth-order valence-corrected chi connectivity index (χ4v) is 4.32. The van der Waals surface area contributed by atoms with Crippen LogP contribution < -0.4 is 10.6 Å². The molecule has 0 aliphatic carbocycles. The third kappa shape index (κ3) is 4.13. The van der Waals surface area contributed by atoms with Gasteiger partial charge < -0.3 is 10.6 Å². The monoisotopic (exact) mass is 422 g/mol. The van der Waals surface area contributed by atoms with Crippen molar-refractivity contribution >= 4 is 23.2 Å². The molecule has 1 aliphatic rings. The number of nitrogens with zero attached hydrogens (tertiary/aromatic N) is 2. The summed E-state index contributed by atoms with van der Waals surface area (Å²) in [5, 5.41) is 11.9. The number of benzene rings is 2. The van der Waals surface area contributed by atoms with Crippen LogP contribution in [0, 0.1) is 6.92 Å². The molecule has 0 unspecified atom stereocenters. The van der Waals surface area contributed by atoms with Gasteiger partial charge in [-0.1, -0.05) is 36.7 Å². The maximum Gasteiger partial charge on any atom is 0.259 e. The Hall–Kier alpha value is -2.63. The number of aryl methyl sites for hydroxylation is 2. The standard InChI is InChI=1S/C24H27ClN4O/c1-3-17-6-4-5-16(2)22(17)28-24(30)21-15-27-29(20-9-7-19(25)8-10-20)23(21)18-11-13-26-14-12-18/h4-10,15,18,26H,3,11-14H2,1-2H3,(H,28,30). The van der Waals surface area contributed by atoms with Gasteiger partial charge >= 0.3 is 0 Å². The Morgan fingerprint density at radius 2 is 1.93 bits per heavy atom. The van der Waals surface area contributed by atoms with E-state index in [4.69, 9.17) is 11.6 Å². The van der Waals surface area contributed by atoms with Crippen LogP contribution >= 0.6 is 11.6 Å². The van der Waals surface area contributed by atoms with Crippen LogP contribution in [0.15, 0.2) is 48.7 Å². The molecule has 4 rings (SSSR count). The van der Waals surface area contributed by atoms with Gasteiger partial charge in [-0.05, 0) is 74.7 Å².